The van der Waals surface area contributed by atoms with Crippen molar-refractivity contribution in [3.63, 3.8) is 0 Å². The number of hydrogen-bond acceptors (Lipinski definition) is 7. The molecule has 0 bridgehead atoms. The molecule has 10 nitrogen and oxygen atoms in total. The van der Waals surface area contributed by atoms with Gasteiger partial charge in [0.15, 0.2) is 5.82 Å². The van der Waals surface area contributed by atoms with Crippen LogP contribution in [0.25, 0.3) is 0 Å². The molecule has 182 valence electrons. The van der Waals surface area contributed by atoms with E-state index in [9.17, 15) is 9.59 Å². The van der Waals surface area contributed by atoms with Gasteiger partial charge >= 0.3 is 0 Å². The highest BCUT2D eigenvalue weighted by atomic mass is 16.2. The van der Waals surface area contributed by atoms with Crippen molar-refractivity contribution in [2.24, 2.45) is 0 Å². The van der Waals surface area contributed by atoms with Gasteiger partial charge in [-0.25, -0.2) is 4.98 Å². The number of aryl methyl sites for hydroxylation is 1. The first-order chi connectivity index (χ1) is 17.1. The molecule has 0 radical (unpaired) electrons. The van der Waals surface area contributed by atoms with Gasteiger partial charge in [0.05, 0.1) is 11.4 Å². The SMILES string of the molecule is O=C(Nc1ccc(=O)[nH]c1)C1CCCN1c1nc2c(c(Nc3cc(C4CCCC4)[nH]n3)n1)CCC2. The first-order valence-electron chi connectivity index (χ1n) is 12.6. The summed E-state index contributed by atoms with van der Waals surface area (Å²) >= 11 is 0. The van der Waals surface area contributed by atoms with Crippen LogP contribution in [0, 0.1) is 0 Å². The van der Waals surface area contributed by atoms with Gasteiger partial charge in [-0.15, -0.1) is 0 Å². The molecular weight excluding hydrogens is 444 g/mol. The molecule has 1 unspecified atom stereocenters. The largest absolute Gasteiger partial charge is 0.329 e. The minimum atomic E-state index is -0.367. The van der Waals surface area contributed by atoms with E-state index in [1.807, 2.05) is 4.90 Å². The van der Waals surface area contributed by atoms with Crippen LogP contribution in [-0.2, 0) is 17.6 Å². The van der Waals surface area contributed by atoms with Gasteiger partial charge in [0, 0.05) is 42.0 Å². The number of aromatic nitrogens is 5. The first-order valence-corrected chi connectivity index (χ1v) is 12.6. The van der Waals surface area contributed by atoms with Crippen molar-refractivity contribution in [1.82, 2.24) is 25.1 Å². The second-order valence-electron chi connectivity index (χ2n) is 9.75. The van der Waals surface area contributed by atoms with Crippen LogP contribution in [0.1, 0.15) is 67.8 Å². The van der Waals surface area contributed by atoms with Gasteiger partial charge < -0.3 is 20.5 Å². The maximum atomic E-state index is 13.1. The number of carbonyl (C=O) groups excluding carboxylic acids is 1. The summed E-state index contributed by atoms with van der Waals surface area (Å²) in [5, 5.41) is 14.1. The lowest BCUT2D eigenvalue weighted by Crippen LogP contribution is -2.40. The van der Waals surface area contributed by atoms with E-state index in [1.165, 1.54) is 43.6 Å². The fraction of sp³-hybridized carbons (Fsp3) is 0.480. The highest BCUT2D eigenvalue weighted by molar-refractivity contribution is 5.96. The maximum absolute atomic E-state index is 13.1. The highest BCUT2D eigenvalue weighted by Crippen LogP contribution is 2.35. The van der Waals surface area contributed by atoms with Crippen molar-refractivity contribution in [3.05, 3.63) is 51.7 Å². The van der Waals surface area contributed by atoms with Crippen LogP contribution < -0.4 is 21.1 Å². The fourth-order valence-electron chi connectivity index (χ4n) is 5.61. The van der Waals surface area contributed by atoms with Crippen LogP contribution in [0.4, 0.5) is 23.3 Å². The number of H-pyrrole nitrogens is 2. The molecule has 2 aliphatic carbocycles. The summed E-state index contributed by atoms with van der Waals surface area (Å²) in [5.41, 5.74) is 3.75. The van der Waals surface area contributed by atoms with Crippen LogP contribution in [-0.4, -0.2) is 43.6 Å². The number of carbonyl (C=O) groups is 1. The van der Waals surface area contributed by atoms with Gasteiger partial charge in [-0.3, -0.25) is 14.7 Å². The zero-order chi connectivity index (χ0) is 23.8. The third-order valence-corrected chi connectivity index (χ3v) is 7.42. The minimum absolute atomic E-state index is 0.123. The van der Waals surface area contributed by atoms with E-state index < -0.39 is 0 Å². The third kappa shape index (κ3) is 4.40. The molecule has 10 heteroatoms. The molecule has 1 saturated carbocycles. The van der Waals surface area contributed by atoms with Gasteiger partial charge in [0.1, 0.15) is 11.9 Å². The lowest BCUT2D eigenvalue weighted by Gasteiger charge is -2.25. The second-order valence-corrected chi connectivity index (χ2v) is 9.75. The van der Waals surface area contributed by atoms with Crippen molar-refractivity contribution >= 4 is 29.2 Å². The Balaban J connectivity index is 1.24. The topological polar surface area (TPSA) is 132 Å². The summed E-state index contributed by atoms with van der Waals surface area (Å²) in [6, 6.07) is 4.74. The molecule has 2 fully saturated rings. The predicted molar refractivity (Wildman–Crippen MR) is 133 cm³/mol. The number of rotatable bonds is 6. The zero-order valence-corrected chi connectivity index (χ0v) is 19.6. The predicted octanol–water partition coefficient (Wildman–Crippen LogP) is 3.39. The van der Waals surface area contributed by atoms with E-state index in [4.69, 9.17) is 9.97 Å². The Kier molecular flexibility index (Phi) is 5.71. The average Bonchev–Trinajstić information content (AvgIpc) is 3.67. The van der Waals surface area contributed by atoms with Gasteiger partial charge in [0.2, 0.25) is 17.4 Å². The van der Waals surface area contributed by atoms with E-state index in [1.54, 1.807) is 6.07 Å². The van der Waals surface area contributed by atoms with E-state index in [-0.39, 0.29) is 17.5 Å². The molecule has 0 aromatic carbocycles. The molecule has 3 aromatic rings. The summed E-state index contributed by atoms with van der Waals surface area (Å²) in [6.07, 6.45) is 11.0. The van der Waals surface area contributed by atoms with Gasteiger partial charge in [-0.1, -0.05) is 12.8 Å². The quantitative estimate of drug-likeness (QED) is 0.431. The summed E-state index contributed by atoms with van der Waals surface area (Å²) in [7, 11) is 0. The van der Waals surface area contributed by atoms with Crippen molar-refractivity contribution in [1.29, 1.82) is 0 Å². The zero-order valence-electron chi connectivity index (χ0n) is 19.6. The highest BCUT2D eigenvalue weighted by Gasteiger charge is 2.34. The van der Waals surface area contributed by atoms with Gasteiger partial charge in [-0.05, 0) is 51.0 Å². The molecule has 35 heavy (non-hydrogen) atoms. The lowest BCUT2D eigenvalue weighted by molar-refractivity contribution is -0.117. The van der Waals surface area contributed by atoms with Crippen molar-refractivity contribution < 1.29 is 4.79 Å². The Labute approximate surface area is 203 Å². The molecule has 4 heterocycles. The number of hydrogen-bond donors (Lipinski definition) is 4. The van der Waals surface area contributed by atoms with Crippen LogP contribution in [0.3, 0.4) is 0 Å². The molecule has 3 aliphatic rings. The lowest BCUT2D eigenvalue weighted by atomic mass is 10.0. The van der Waals surface area contributed by atoms with E-state index in [2.05, 4.69) is 31.9 Å². The first kappa shape index (κ1) is 21.8. The van der Waals surface area contributed by atoms with Crippen molar-refractivity contribution in [2.75, 3.05) is 22.1 Å². The Hall–Kier alpha value is -3.69. The Morgan fingerprint density at radius 3 is 2.77 bits per heavy atom. The number of pyridine rings is 1. The van der Waals surface area contributed by atoms with Crippen LogP contribution in [0.15, 0.2) is 29.2 Å². The van der Waals surface area contributed by atoms with E-state index >= 15 is 0 Å². The molecule has 3 aromatic heterocycles. The normalized spacial score (nSPS) is 19.8. The number of amides is 1. The summed E-state index contributed by atoms with van der Waals surface area (Å²) in [4.78, 5) is 38.8. The molecule has 1 saturated heterocycles. The average molecular weight is 475 g/mol. The molecule has 1 aliphatic heterocycles. The molecule has 6 rings (SSSR count). The number of fused-ring (bicyclic) bond motifs is 1. The fourth-order valence-corrected chi connectivity index (χ4v) is 5.61. The Morgan fingerprint density at radius 2 is 1.94 bits per heavy atom. The van der Waals surface area contributed by atoms with Crippen molar-refractivity contribution in [3.8, 4) is 0 Å². The molecule has 1 atom stereocenters. The number of aromatic amines is 2. The molecule has 4 N–H and O–H groups in total. The smallest absolute Gasteiger partial charge is 0.248 e. The number of nitrogens with one attached hydrogen (secondary N) is 4. The standard InChI is InChI=1S/C25H30N8O2/c34-22-11-10-16(14-26-22)27-24(35)20-9-4-12-33(20)25-28-18-8-3-7-17(18)23(30-25)29-21-13-19(31-32-21)15-5-1-2-6-15/h10-11,13-15,20H,1-9,12H2,(H,26,34)(H,27,35)(H2,28,29,30,31,32). The number of anilines is 4. The van der Waals surface area contributed by atoms with Gasteiger partial charge in [0.25, 0.3) is 0 Å². The monoisotopic (exact) mass is 474 g/mol. The summed E-state index contributed by atoms with van der Waals surface area (Å²) in [6.45, 7) is 0.718. The number of nitrogens with zero attached hydrogens (tertiary/aromatic N) is 4. The Bertz CT molecular complexity index is 1270. The molecular formula is C25H30N8O2. The van der Waals surface area contributed by atoms with Crippen LogP contribution >= 0.6 is 0 Å². The maximum Gasteiger partial charge on any atom is 0.248 e. The minimum Gasteiger partial charge on any atom is -0.329 e. The van der Waals surface area contributed by atoms with E-state index in [0.717, 1.165) is 61.5 Å². The van der Waals surface area contributed by atoms with Crippen molar-refractivity contribution in [2.45, 2.75) is 69.7 Å². The van der Waals surface area contributed by atoms with E-state index in [0.29, 0.717) is 17.6 Å². The van der Waals surface area contributed by atoms with Crippen LogP contribution in [0.5, 0.6) is 0 Å². The second kappa shape index (κ2) is 9.16. The molecule has 1 amide bonds. The van der Waals surface area contributed by atoms with Gasteiger partial charge in [-0.2, -0.15) is 10.1 Å². The summed E-state index contributed by atoms with van der Waals surface area (Å²) in [5.74, 6) is 2.59. The molecule has 0 spiro atoms. The third-order valence-electron chi connectivity index (χ3n) is 7.42. The summed E-state index contributed by atoms with van der Waals surface area (Å²) < 4.78 is 0. The van der Waals surface area contributed by atoms with Crippen LogP contribution in [0.2, 0.25) is 0 Å². The Morgan fingerprint density at radius 1 is 1.06 bits per heavy atom.